The summed E-state index contributed by atoms with van der Waals surface area (Å²) in [5, 5.41) is 0. The van der Waals surface area contributed by atoms with E-state index in [1.807, 2.05) is 0 Å². The molecule has 0 N–H and O–H groups in total. The van der Waals surface area contributed by atoms with Gasteiger partial charge in [-0.25, -0.2) is 13.2 Å². The van der Waals surface area contributed by atoms with Crippen molar-refractivity contribution in [1.29, 1.82) is 0 Å². The third kappa shape index (κ3) is 3.44. The molecule has 0 saturated heterocycles. The van der Waals surface area contributed by atoms with Crippen molar-refractivity contribution in [3.63, 3.8) is 0 Å². The summed E-state index contributed by atoms with van der Waals surface area (Å²) in [6.07, 6.45) is 0. The van der Waals surface area contributed by atoms with Gasteiger partial charge in [-0.3, -0.25) is 4.79 Å². The van der Waals surface area contributed by atoms with Gasteiger partial charge in [-0.2, -0.15) is 0 Å². The summed E-state index contributed by atoms with van der Waals surface area (Å²) >= 11 is 3.11. The first-order valence-electron chi connectivity index (χ1n) is 6.03. The second-order valence-electron chi connectivity index (χ2n) is 4.49. The predicted molar refractivity (Wildman–Crippen MR) is 76.3 cm³/mol. The van der Waals surface area contributed by atoms with Crippen LogP contribution in [-0.4, -0.2) is 17.9 Å². The maximum atomic E-state index is 13.7. The van der Waals surface area contributed by atoms with E-state index >= 15 is 0 Å². The SMILES string of the molecule is CN(Cc1ccc(F)cc1F)C(=O)c1c(F)cccc1Br. The summed E-state index contributed by atoms with van der Waals surface area (Å²) in [5.74, 6) is -2.70. The monoisotopic (exact) mass is 357 g/mol. The van der Waals surface area contributed by atoms with Crippen LogP contribution < -0.4 is 0 Å². The van der Waals surface area contributed by atoms with Crippen LogP contribution in [0.15, 0.2) is 40.9 Å². The number of amides is 1. The average Bonchev–Trinajstić information content (AvgIpc) is 2.41. The quantitative estimate of drug-likeness (QED) is 0.808. The summed E-state index contributed by atoms with van der Waals surface area (Å²) in [6.45, 7) is -0.0915. The Balaban J connectivity index is 2.24. The van der Waals surface area contributed by atoms with Gasteiger partial charge in [0.25, 0.3) is 5.91 Å². The van der Waals surface area contributed by atoms with Gasteiger partial charge in [-0.1, -0.05) is 12.1 Å². The second kappa shape index (κ2) is 6.30. The molecule has 2 rings (SSSR count). The van der Waals surface area contributed by atoms with Gasteiger partial charge in [-0.05, 0) is 34.1 Å². The first-order valence-corrected chi connectivity index (χ1v) is 6.83. The van der Waals surface area contributed by atoms with Gasteiger partial charge < -0.3 is 4.90 Å². The zero-order chi connectivity index (χ0) is 15.6. The molecule has 0 saturated carbocycles. The number of carbonyl (C=O) groups excluding carboxylic acids is 1. The lowest BCUT2D eigenvalue weighted by Gasteiger charge is -2.18. The minimum atomic E-state index is -0.748. The third-order valence-corrected chi connectivity index (χ3v) is 3.61. The highest BCUT2D eigenvalue weighted by atomic mass is 79.9. The molecule has 2 nitrogen and oxygen atoms in total. The number of nitrogens with zero attached hydrogens (tertiary/aromatic N) is 1. The van der Waals surface area contributed by atoms with Crippen LogP contribution in [0.25, 0.3) is 0 Å². The predicted octanol–water partition coefficient (Wildman–Crippen LogP) is 4.14. The highest BCUT2D eigenvalue weighted by Gasteiger charge is 2.20. The standard InChI is InChI=1S/C15H11BrF3NO/c1-20(8-9-5-6-10(17)7-13(9)19)15(21)14-11(16)3-2-4-12(14)18/h2-7H,8H2,1H3. The smallest absolute Gasteiger partial charge is 0.258 e. The second-order valence-corrected chi connectivity index (χ2v) is 5.35. The highest BCUT2D eigenvalue weighted by molar-refractivity contribution is 9.10. The average molecular weight is 358 g/mol. The normalized spacial score (nSPS) is 10.5. The maximum absolute atomic E-state index is 13.7. The Bertz CT molecular complexity index is 670. The molecule has 21 heavy (non-hydrogen) atoms. The largest absolute Gasteiger partial charge is 0.337 e. The number of benzene rings is 2. The number of carbonyl (C=O) groups is 1. The molecule has 0 aromatic heterocycles. The van der Waals surface area contributed by atoms with Gasteiger partial charge in [0.05, 0.1) is 5.56 Å². The van der Waals surface area contributed by atoms with Crippen molar-refractivity contribution in [1.82, 2.24) is 4.90 Å². The Kier molecular flexibility index (Phi) is 4.67. The van der Waals surface area contributed by atoms with Crippen LogP contribution >= 0.6 is 15.9 Å². The summed E-state index contributed by atoms with van der Waals surface area (Å²) < 4.78 is 40.5. The van der Waals surface area contributed by atoms with Crippen molar-refractivity contribution < 1.29 is 18.0 Å². The molecule has 0 spiro atoms. The van der Waals surface area contributed by atoms with E-state index in [-0.39, 0.29) is 17.7 Å². The number of rotatable bonds is 3. The van der Waals surface area contributed by atoms with Crippen LogP contribution in [0, 0.1) is 17.5 Å². The van der Waals surface area contributed by atoms with E-state index in [1.54, 1.807) is 6.07 Å². The van der Waals surface area contributed by atoms with Crippen LogP contribution in [0.5, 0.6) is 0 Å². The summed E-state index contributed by atoms with van der Waals surface area (Å²) in [7, 11) is 1.42. The van der Waals surface area contributed by atoms with E-state index in [0.717, 1.165) is 12.1 Å². The van der Waals surface area contributed by atoms with E-state index in [2.05, 4.69) is 15.9 Å². The molecule has 0 aliphatic rings. The van der Waals surface area contributed by atoms with Gasteiger partial charge in [0.1, 0.15) is 17.5 Å². The Morgan fingerprint density at radius 3 is 2.48 bits per heavy atom. The molecule has 2 aromatic carbocycles. The topological polar surface area (TPSA) is 20.3 Å². The molecule has 0 aliphatic heterocycles. The summed E-state index contributed by atoms with van der Waals surface area (Å²) in [4.78, 5) is 13.4. The minimum absolute atomic E-state index is 0.0915. The first kappa shape index (κ1) is 15.6. The van der Waals surface area contributed by atoms with E-state index < -0.39 is 23.4 Å². The maximum Gasteiger partial charge on any atom is 0.258 e. The lowest BCUT2D eigenvalue weighted by atomic mass is 10.1. The van der Waals surface area contributed by atoms with Gasteiger partial charge in [0, 0.05) is 29.7 Å². The van der Waals surface area contributed by atoms with Crippen molar-refractivity contribution in [3.8, 4) is 0 Å². The van der Waals surface area contributed by atoms with Crippen molar-refractivity contribution >= 4 is 21.8 Å². The first-order chi connectivity index (χ1) is 9.90. The number of halogens is 4. The molecule has 0 aliphatic carbocycles. The number of hydrogen-bond acceptors (Lipinski definition) is 1. The van der Waals surface area contributed by atoms with E-state index in [9.17, 15) is 18.0 Å². The fourth-order valence-corrected chi connectivity index (χ4v) is 2.38. The Morgan fingerprint density at radius 1 is 1.14 bits per heavy atom. The van der Waals surface area contributed by atoms with Gasteiger partial charge >= 0.3 is 0 Å². The minimum Gasteiger partial charge on any atom is -0.337 e. The van der Waals surface area contributed by atoms with Crippen LogP contribution in [0.4, 0.5) is 13.2 Å². The van der Waals surface area contributed by atoms with Crippen molar-refractivity contribution in [2.45, 2.75) is 6.54 Å². The third-order valence-electron chi connectivity index (χ3n) is 2.95. The fourth-order valence-electron chi connectivity index (χ4n) is 1.87. The van der Waals surface area contributed by atoms with Crippen LogP contribution in [-0.2, 0) is 6.54 Å². The molecule has 110 valence electrons. The fraction of sp³-hybridized carbons (Fsp3) is 0.133. The molecule has 0 unspecified atom stereocenters. The van der Waals surface area contributed by atoms with Gasteiger partial charge in [-0.15, -0.1) is 0 Å². The molecule has 2 aromatic rings. The van der Waals surface area contributed by atoms with Crippen molar-refractivity contribution in [2.75, 3.05) is 7.05 Å². The summed E-state index contributed by atoms with van der Waals surface area (Å²) in [5.41, 5.74) is 0.0298. The molecule has 0 bridgehead atoms. The molecule has 0 atom stereocenters. The van der Waals surface area contributed by atoms with Crippen LogP contribution in [0.3, 0.4) is 0 Å². The van der Waals surface area contributed by atoms with Crippen molar-refractivity contribution in [3.05, 3.63) is 69.4 Å². The molecular formula is C15H11BrF3NO. The molecule has 1 amide bonds. The molecular weight excluding hydrogens is 347 g/mol. The zero-order valence-corrected chi connectivity index (χ0v) is 12.6. The van der Waals surface area contributed by atoms with Crippen LogP contribution in [0.1, 0.15) is 15.9 Å². The Hall–Kier alpha value is -1.82. The van der Waals surface area contributed by atoms with E-state index in [1.165, 1.54) is 30.1 Å². The zero-order valence-electron chi connectivity index (χ0n) is 11.0. The lowest BCUT2D eigenvalue weighted by molar-refractivity contribution is 0.0778. The lowest BCUT2D eigenvalue weighted by Crippen LogP contribution is -2.27. The highest BCUT2D eigenvalue weighted by Crippen LogP contribution is 2.22. The van der Waals surface area contributed by atoms with Crippen molar-refractivity contribution in [2.24, 2.45) is 0 Å². The van der Waals surface area contributed by atoms with Gasteiger partial charge in [0.15, 0.2) is 0 Å². The number of hydrogen-bond donors (Lipinski definition) is 0. The Labute approximate surface area is 128 Å². The molecule has 0 fully saturated rings. The van der Waals surface area contributed by atoms with Crippen LogP contribution in [0.2, 0.25) is 0 Å². The Morgan fingerprint density at radius 2 is 1.86 bits per heavy atom. The van der Waals surface area contributed by atoms with E-state index in [4.69, 9.17) is 0 Å². The summed E-state index contributed by atoms with van der Waals surface area (Å²) in [6, 6.07) is 7.29. The molecule has 0 radical (unpaired) electrons. The van der Waals surface area contributed by atoms with Gasteiger partial charge in [0.2, 0.25) is 0 Å². The van der Waals surface area contributed by atoms with E-state index in [0.29, 0.717) is 4.47 Å². The molecule has 0 heterocycles. The molecule has 6 heteroatoms.